The number of amides is 1. The highest BCUT2D eigenvalue weighted by Gasteiger charge is 2.22. The summed E-state index contributed by atoms with van der Waals surface area (Å²) >= 11 is 7.70. The van der Waals surface area contributed by atoms with Crippen molar-refractivity contribution in [2.75, 3.05) is 7.05 Å². The number of carbonyl (C=O) groups excluding carboxylic acids is 1. The maximum atomic E-state index is 12.9. The van der Waals surface area contributed by atoms with Gasteiger partial charge in [-0.25, -0.2) is 0 Å². The Kier molecular flexibility index (Phi) is 4.37. The maximum absolute atomic E-state index is 12.9. The predicted octanol–water partition coefficient (Wildman–Crippen LogP) is 5.09. The van der Waals surface area contributed by atoms with Crippen LogP contribution in [0.2, 0.25) is 5.02 Å². The fraction of sp³-hybridized carbons (Fsp3) is 0.222. The summed E-state index contributed by atoms with van der Waals surface area (Å²) in [7, 11) is 1.83. The van der Waals surface area contributed by atoms with E-state index in [9.17, 15) is 4.79 Å². The zero-order valence-corrected chi connectivity index (χ0v) is 14.8. The first-order valence-electron chi connectivity index (χ1n) is 7.35. The molecular formula is C18H17ClN2OS. The highest BCUT2D eigenvalue weighted by Crippen LogP contribution is 2.27. The summed E-state index contributed by atoms with van der Waals surface area (Å²) in [5, 5.41) is 3.54. The van der Waals surface area contributed by atoms with Gasteiger partial charge in [0.25, 0.3) is 5.91 Å². The third-order valence-electron chi connectivity index (χ3n) is 4.05. The molecule has 5 heteroatoms. The average molecular weight is 345 g/mol. The number of hydrogen-bond acceptors (Lipinski definition) is 3. The highest BCUT2D eigenvalue weighted by atomic mass is 35.5. The van der Waals surface area contributed by atoms with Crippen LogP contribution in [-0.2, 0) is 0 Å². The standard InChI is InChI=1S/C18H17ClN2OS/c1-11-15(10-13-9-14(19)6-7-16(13)20-11)18(22)21(3)12(2)17-5-4-8-23-17/h4-10,12H,1-3H3/t12-/m0/s1. The van der Waals surface area contributed by atoms with Gasteiger partial charge in [0.05, 0.1) is 22.8 Å². The van der Waals surface area contributed by atoms with Crippen molar-refractivity contribution < 1.29 is 4.79 Å². The van der Waals surface area contributed by atoms with E-state index in [-0.39, 0.29) is 11.9 Å². The van der Waals surface area contributed by atoms with Gasteiger partial charge in [0.2, 0.25) is 0 Å². The van der Waals surface area contributed by atoms with Gasteiger partial charge in [-0.05, 0) is 49.6 Å². The molecule has 0 aliphatic carbocycles. The molecule has 0 saturated carbocycles. The molecule has 3 rings (SSSR count). The number of nitrogens with zero attached hydrogens (tertiary/aromatic N) is 2. The van der Waals surface area contributed by atoms with Crippen LogP contribution in [0.3, 0.4) is 0 Å². The van der Waals surface area contributed by atoms with Crippen molar-refractivity contribution in [1.82, 2.24) is 9.88 Å². The van der Waals surface area contributed by atoms with E-state index in [2.05, 4.69) is 4.98 Å². The Bertz CT molecular complexity index is 861. The lowest BCUT2D eigenvalue weighted by Crippen LogP contribution is -2.30. The zero-order chi connectivity index (χ0) is 16.6. The summed E-state index contributed by atoms with van der Waals surface area (Å²) in [5.74, 6) is -0.0298. The van der Waals surface area contributed by atoms with Crippen LogP contribution in [0.15, 0.2) is 41.8 Å². The van der Waals surface area contributed by atoms with Gasteiger partial charge in [-0.3, -0.25) is 9.78 Å². The molecule has 3 aromatic rings. The van der Waals surface area contributed by atoms with Gasteiger partial charge in [-0.15, -0.1) is 11.3 Å². The van der Waals surface area contributed by atoms with Gasteiger partial charge in [0.1, 0.15) is 0 Å². The molecule has 3 nitrogen and oxygen atoms in total. The average Bonchev–Trinajstić information content (AvgIpc) is 3.07. The van der Waals surface area contributed by atoms with Crippen molar-refractivity contribution >= 4 is 39.7 Å². The fourth-order valence-corrected chi connectivity index (χ4v) is 3.55. The number of hydrogen-bond donors (Lipinski definition) is 0. The number of rotatable bonds is 3. The lowest BCUT2D eigenvalue weighted by Gasteiger charge is -2.24. The molecule has 0 saturated heterocycles. The number of halogens is 1. The highest BCUT2D eigenvalue weighted by molar-refractivity contribution is 7.10. The molecule has 23 heavy (non-hydrogen) atoms. The minimum absolute atomic E-state index is 0.0250. The van der Waals surface area contributed by atoms with Crippen molar-refractivity contribution in [3.63, 3.8) is 0 Å². The summed E-state index contributed by atoms with van der Waals surface area (Å²) in [4.78, 5) is 20.3. The van der Waals surface area contributed by atoms with E-state index < -0.39 is 0 Å². The van der Waals surface area contributed by atoms with Crippen molar-refractivity contribution in [3.8, 4) is 0 Å². The molecule has 0 aliphatic rings. The van der Waals surface area contributed by atoms with Gasteiger partial charge in [0, 0.05) is 22.3 Å². The maximum Gasteiger partial charge on any atom is 0.255 e. The van der Waals surface area contributed by atoms with E-state index in [1.54, 1.807) is 16.2 Å². The first-order chi connectivity index (χ1) is 11.0. The molecule has 2 heterocycles. The van der Waals surface area contributed by atoms with Crippen LogP contribution in [0.1, 0.15) is 33.9 Å². The van der Waals surface area contributed by atoms with Gasteiger partial charge >= 0.3 is 0 Å². The summed E-state index contributed by atoms with van der Waals surface area (Å²) in [5.41, 5.74) is 2.19. The number of aromatic nitrogens is 1. The summed E-state index contributed by atoms with van der Waals surface area (Å²) in [6.07, 6.45) is 0. The molecule has 0 bridgehead atoms. The molecule has 1 amide bonds. The Labute approximate surface area is 144 Å². The normalized spacial score (nSPS) is 12.3. The van der Waals surface area contributed by atoms with E-state index in [0.717, 1.165) is 21.5 Å². The van der Waals surface area contributed by atoms with Gasteiger partial charge in [-0.1, -0.05) is 17.7 Å². The van der Waals surface area contributed by atoms with E-state index >= 15 is 0 Å². The molecule has 0 spiro atoms. The van der Waals surface area contributed by atoms with Gasteiger partial charge in [0.15, 0.2) is 0 Å². The Morgan fingerprint density at radius 1 is 1.30 bits per heavy atom. The van der Waals surface area contributed by atoms with Gasteiger partial charge < -0.3 is 4.90 Å². The minimum Gasteiger partial charge on any atom is -0.334 e. The second kappa shape index (κ2) is 6.30. The van der Waals surface area contributed by atoms with E-state index in [1.165, 1.54) is 0 Å². The molecule has 0 radical (unpaired) electrons. The predicted molar refractivity (Wildman–Crippen MR) is 96.3 cm³/mol. The quantitative estimate of drug-likeness (QED) is 0.663. The second-order valence-corrected chi connectivity index (χ2v) is 6.98. The van der Waals surface area contributed by atoms with Gasteiger partial charge in [-0.2, -0.15) is 0 Å². The molecule has 118 valence electrons. The number of aryl methyl sites for hydroxylation is 1. The summed E-state index contributed by atoms with van der Waals surface area (Å²) in [6.45, 7) is 3.90. The van der Waals surface area contributed by atoms with E-state index in [1.807, 2.05) is 62.7 Å². The second-order valence-electron chi connectivity index (χ2n) is 5.57. The third-order valence-corrected chi connectivity index (χ3v) is 5.33. The lowest BCUT2D eigenvalue weighted by atomic mass is 10.1. The first kappa shape index (κ1) is 16.0. The van der Waals surface area contributed by atoms with Crippen LogP contribution < -0.4 is 0 Å². The van der Waals surface area contributed by atoms with Crippen LogP contribution in [0.4, 0.5) is 0 Å². The SMILES string of the molecule is Cc1nc2ccc(Cl)cc2cc1C(=O)N(C)[C@@H](C)c1cccs1. The molecular weight excluding hydrogens is 328 g/mol. The molecule has 0 N–H and O–H groups in total. The Balaban J connectivity index is 1.98. The fourth-order valence-electron chi connectivity index (χ4n) is 2.55. The van der Waals surface area contributed by atoms with Crippen LogP contribution in [0.25, 0.3) is 10.9 Å². The van der Waals surface area contributed by atoms with Crippen LogP contribution in [-0.4, -0.2) is 22.8 Å². The number of benzene rings is 1. The molecule has 1 aromatic carbocycles. The van der Waals surface area contributed by atoms with Crippen LogP contribution >= 0.6 is 22.9 Å². The first-order valence-corrected chi connectivity index (χ1v) is 8.60. The minimum atomic E-state index is -0.0298. The van der Waals surface area contributed by atoms with Crippen LogP contribution in [0, 0.1) is 6.92 Å². The molecule has 1 atom stereocenters. The Morgan fingerprint density at radius 3 is 2.78 bits per heavy atom. The zero-order valence-electron chi connectivity index (χ0n) is 13.2. The smallest absolute Gasteiger partial charge is 0.255 e. The summed E-state index contributed by atoms with van der Waals surface area (Å²) in [6, 6.07) is 11.5. The Hall–Kier alpha value is -1.91. The van der Waals surface area contributed by atoms with Crippen LogP contribution in [0.5, 0.6) is 0 Å². The lowest BCUT2D eigenvalue weighted by molar-refractivity contribution is 0.0744. The number of pyridine rings is 1. The van der Waals surface area contributed by atoms with Crippen molar-refractivity contribution in [3.05, 3.63) is 62.9 Å². The van der Waals surface area contributed by atoms with Crippen molar-refractivity contribution in [1.29, 1.82) is 0 Å². The molecule has 0 unspecified atom stereocenters. The number of fused-ring (bicyclic) bond motifs is 1. The molecule has 2 aromatic heterocycles. The third kappa shape index (κ3) is 3.09. The van der Waals surface area contributed by atoms with Crippen molar-refractivity contribution in [2.45, 2.75) is 19.9 Å². The Morgan fingerprint density at radius 2 is 2.09 bits per heavy atom. The van der Waals surface area contributed by atoms with Crippen molar-refractivity contribution in [2.24, 2.45) is 0 Å². The molecule has 0 fully saturated rings. The largest absolute Gasteiger partial charge is 0.334 e. The van der Waals surface area contributed by atoms with E-state index in [4.69, 9.17) is 11.6 Å². The topological polar surface area (TPSA) is 33.2 Å². The monoisotopic (exact) mass is 344 g/mol. The summed E-state index contributed by atoms with van der Waals surface area (Å²) < 4.78 is 0. The van der Waals surface area contributed by atoms with E-state index in [0.29, 0.717) is 10.6 Å². The number of thiophene rings is 1. The molecule has 0 aliphatic heterocycles. The number of carbonyl (C=O) groups is 1.